The Balaban J connectivity index is 1.82. The van der Waals surface area contributed by atoms with Crippen molar-refractivity contribution in [3.63, 3.8) is 0 Å². The Morgan fingerprint density at radius 1 is 1.43 bits per heavy atom. The maximum absolute atomic E-state index is 12.0. The summed E-state index contributed by atoms with van der Waals surface area (Å²) in [4.78, 5) is 12.0. The van der Waals surface area contributed by atoms with Gasteiger partial charge in [0.05, 0.1) is 11.8 Å². The van der Waals surface area contributed by atoms with Gasteiger partial charge >= 0.3 is 0 Å². The minimum Gasteiger partial charge on any atom is -0.360 e. The lowest BCUT2D eigenvalue weighted by atomic mass is 9.83. The van der Waals surface area contributed by atoms with Crippen molar-refractivity contribution in [2.75, 3.05) is 17.6 Å². The molecule has 0 aromatic carbocycles. The van der Waals surface area contributed by atoms with Crippen LogP contribution in [0.3, 0.4) is 0 Å². The van der Waals surface area contributed by atoms with Crippen molar-refractivity contribution in [1.29, 1.82) is 5.26 Å². The Hall–Kier alpha value is -1.33. The molecule has 1 fully saturated rings. The zero-order chi connectivity index (χ0) is 15.1. The molecular weight excluding hydrogens is 306 g/mol. The molecule has 0 saturated heterocycles. The minimum absolute atomic E-state index is 0.108. The normalized spacial score (nSPS) is 17.0. The van der Waals surface area contributed by atoms with Crippen LogP contribution in [0.15, 0.2) is 4.34 Å². The van der Waals surface area contributed by atoms with Gasteiger partial charge in [-0.05, 0) is 19.8 Å². The van der Waals surface area contributed by atoms with E-state index in [-0.39, 0.29) is 11.7 Å². The number of hydrogen-bond donors (Lipinski definition) is 2. The third kappa shape index (κ3) is 4.58. The van der Waals surface area contributed by atoms with E-state index < -0.39 is 5.54 Å². The Morgan fingerprint density at radius 3 is 2.86 bits per heavy atom. The second-order valence-corrected chi connectivity index (χ2v) is 7.19. The Morgan fingerprint density at radius 2 is 2.19 bits per heavy atom. The van der Waals surface area contributed by atoms with Gasteiger partial charge in [-0.3, -0.25) is 4.79 Å². The van der Waals surface area contributed by atoms with Crippen molar-refractivity contribution < 1.29 is 4.79 Å². The SMILES string of the molecule is CCNc1nnc(SCC(=O)NC2(C#N)CCCCC2)s1. The number of nitrogens with zero attached hydrogens (tertiary/aromatic N) is 3. The van der Waals surface area contributed by atoms with Gasteiger partial charge in [0.1, 0.15) is 5.54 Å². The Bertz CT molecular complexity index is 519. The molecule has 2 rings (SSSR count). The maximum Gasteiger partial charge on any atom is 0.231 e. The zero-order valence-corrected chi connectivity index (χ0v) is 13.6. The number of carbonyl (C=O) groups is 1. The molecule has 0 bridgehead atoms. The molecule has 0 radical (unpaired) electrons. The van der Waals surface area contributed by atoms with Crippen LogP contribution >= 0.6 is 23.1 Å². The molecule has 0 atom stereocenters. The number of amides is 1. The van der Waals surface area contributed by atoms with Gasteiger partial charge in [0.2, 0.25) is 11.0 Å². The average Bonchev–Trinajstić information content (AvgIpc) is 2.94. The first-order valence-corrected chi connectivity index (χ1v) is 8.90. The highest BCUT2D eigenvalue weighted by Crippen LogP contribution is 2.28. The van der Waals surface area contributed by atoms with Crippen LogP contribution in [0.25, 0.3) is 0 Å². The lowest BCUT2D eigenvalue weighted by Gasteiger charge is -2.31. The van der Waals surface area contributed by atoms with Crippen molar-refractivity contribution >= 4 is 34.1 Å². The van der Waals surface area contributed by atoms with Crippen LogP contribution in [0, 0.1) is 11.3 Å². The molecule has 2 N–H and O–H groups in total. The second kappa shape index (κ2) is 7.61. The number of nitriles is 1. The first kappa shape index (κ1) is 16.0. The van der Waals surface area contributed by atoms with Crippen LogP contribution in [-0.2, 0) is 4.79 Å². The molecule has 1 aliphatic carbocycles. The molecule has 1 saturated carbocycles. The summed E-state index contributed by atoms with van der Waals surface area (Å²) in [6, 6.07) is 2.29. The van der Waals surface area contributed by atoms with Crippen LogP contribution in [0.4, 0.5) is 5.13 Å². The van der Waals surface area contributed by atoms with Gasteiger partial charge in [0.15, 0.2) is 4.34 Å². The second-order valence-electron chi connectivity index (χ2n) is 4.99. The van der Waals surface area contributed by atoms with E-state index in [0.29, 0.717) is 0 Å². The average molecular weight is 325 g/mol. The number of nitrogens with one attached hydrogen (secondary N) is 2. The fourth-order valence-corrected chi connectivity index (χ4v) is 3.96. The topological polar surface area (TPSA) is 90.7 Å². The summed E-state index contributed by atoms with van der Waals surface area (Å²) in [5, 5.41) is 24.1. The van der Waals surface area contributed by atoms with Crippen molar-refractivity contribution in [3.05, 3.63) is 0 Å². The van der Waals surface area contributed by atoms with E-state index in [1.165, 1.54) is 23.1 Å². The molecule has 6 nitrogen and oxygen atoms in total. The monoisotopic (exact) mass is 325 g/mol. The number of thioether (sulfide) groups is 1. The number of rotatable bonds is 6. The first-order chi connectivity index (χ1) is 10.2. The van der Waals surface area contributed by atoms with Crippen LogP contribution in [0.2, 0.25) is 0 Å². The highest BCUT2D eigenvalue weighted by atomic mass is 32.2. The van der Waals surface area contributed by atoms with E-state index in [2.05, 4.69) is 26.9 Å². The number of aromatic nitrogens is 2. The molecule has 1 aliphatic rings. The lowest BCUT2D eigenvalue weighted by molar-refractivity contribution is -0.120. The summed E-state index contributed by atoms with van der Waals surface area (Å²) in [6.45, 7) is 2.79. The van der Waals surface area contributed by atoms with Gasteiger partial charge in [-0.1, -0.05) is 42.4 Å². The lowest BCUT2D eigenvalue weighted by Crippen LogP contribution is -2.49. The fourth-order valence-electron chi connectivity index (χ4n) is 2.34. The van der Waals surface area contributed by atoms with Gasteiger partial charge in [-0.2, -0.15) is 5.26 Å². The predicted octanol–water partition coefficient (Wildman–Crippen LogP) is 2.40. The van der Waals surface area contributed by atoms with E-state index in [1.807, 2.05) is 6.92 Å². The molecular formula is C13H19N5OS2. The number of carbonyl (C=O) groups excluding carboxylic acids is 1. The Kier molecular flexibility index (Phi) is 5.82. The molecule has 114 valence electrons. The molecule has 1 aromatic rings. The van der Waals surface area contributed by atoms with E-state index in [0.717, 1.165) is 48.1 Å². The van der Waals surface area contributed by atoms with Crippen molar-refractivity contribution in [1.82, 2.24) is 15.5 Å². The smallest absolute Gasteiger partial charge is 0.231 e. The van der Waals surface area contributed by atoms with Crippen molar-refractivity contribution in [2.45, 2.75) is 48.9 Å². The first-order valence-electron chi connectivity index (χ1n) is 7.10. The fraction of sp³-hybridized carbons (Fsp3) is 0.692. The number of hydrogen-bond acceptors (Lipinski definition) is 7. The van der Waals surface area contributed by atoms with Crippen molar-refractivity contribution in [3.8, 4) is 6.07 Å². The molecule has 1 heterocycles. The van der Waals surface area contributed by atoms with E-state index in [1.54, 1.807) is 0 Å². The summed E-state index contributed by atoms with van der Waals surface area (Å²) in [5.41, 5.74) is -0.661. The molecule has 21 heavy (non-hydrogen) atoms. The molecule has 0 unspecified atom stereocenters. The van der Waals surface area contributed by atoms with E-state index in [9.17, 15) is 10.1 Å². The van der Waals surface area contributed by atoms with Crippen LogP contribution in [0.5, 0.6) is 0 Å². The van der Waals surface area contributed by atoms with Gasteiger partial charge in [0.25, 0.3) is 0 Å². The third-order valence-electron chi connectivity index (χ3n) is 3.36. The quantitative estimate of drug-likeness (QED) is 0.781. The summed E-state index contributed by atoms with van der Waals surface area (Å²) < 4.78 is 0.760. The summed E-state index contributed by atoms with van der Waals surface area (Å²) >= 11 is 2.79. The summed E-state index contributed by atoms with van der Waals surface area (Å²) in [7, 11) is 0. The predicted molar refractivity (Wildman–Crippen MR) is 84.4 cm³/mol. The van der Waals surface area contributed by atoms with Gasteiger partial charge < -0.3 is 10.6 Å². The molecule has 1 aromatic heterocycles. The largest absolute Gasteiger partial charge is 0.360 e. The van der Waals surface area contributed by atoms with Gasteiger partial charge in [-0.25, -0.2) is 0 Å². The van der Waals surface area contributed by atoms with Crippen LogP contribution < -0.4 is 10.6 Å². The number of anilines is 1. The van der Waals surface area contributed by atoms with Crippen LogP contribution in [0.1, 0.15) is 39.0 Å². The van der Waals surface area contributed by atoms with E-state index >= 15 is 0 Å². The van der Waals surface area contributed by atoms with E-state index in [4.69, 9.17) is 0 Å². The minimum atomic E-state index is -0.661. The van der Waals surface area contributed by atoms with Crippen molar-refractivity contribution in [2.24, 2.45) is 0 Å². The molecule has 8 heteroatoms. The molecule has 0 spiro atoms. The zero-order valence-electron chi connectivity index (χ0n) is 12.0. The highest BCUT2D eigenvalue weighted by Gasteiger charge is 2.33. The van der Waals surface area contributed by atoms with Gasteiger partial charge in [-0.15, -0.1) is 10.2 Å². The standard InChI is InChI=1S/C13H19N5OS2/c1-2-15-11-17-18-12(21-11)20-8-10(19)16-13(9-14)6-4-3-5-7-13/h2-8H2,1H3,(H,15,17)(H,16,19). The summed E-state index contributed by atoms with van der Waals surface area (Å²) in [5.74, 6) is 0.160. The summed E-state index contributed by atoms with van der Waals surface area (Å²) in [6.07, 6.45) is 4.66. The Labute approximate surface area is 132 Å². The van der Waals surface area contributed by atoms with Crippen LogP contribution in [-0.4, -0.2) is 33.9 Å². The highest BCUT2D eigenvalue weighted by molar-refractivity contribution is 8.01. The molecule has 1 amide bonds. The van der Waals surface area contributed by atoms with Gasteiger partial charge in [0, 0.05) is 6.54 Å². The maximum atomic E-state index is 12.0. The molecule has 0 aliphatic heterocycles. The third-order valence-corrected chi connectivity index (χ3v) is 5.38.